The fourth-order valence-corrected chi connectivity index (χ4v) is 2.92. The summed E-state index contributed by atoms with van der Waals surface area (Å²) in [5, 5.41) is 9.29. The summed E-state index contributed by atoms with van der Waals surface area (Å²) in [6.45, 7) is 5.90. The largest absolute Gasteiger partial charge is 0.255 e. The second-order valence-corrected chi connectivity index (χ2v) is 6.07. The van der Waals surface area contributed by atoms with E-state index in [-0.39, 0.29) is 0 Å². The van der Waals surface area contributed by atoms with Gasteiger partial charge in [0, 0.05) is 11.3 Å². The first-order valence-corrected chi connectivity index (χ1v) is 7.68. The zero-order valence-corrected chi connectivity index (χ0v) is 13.8. The normalized spacial score (nSPS) is 11.5. The van der Waals surface area contributed by atoms with Crippen LogP contribution in [0, 0.1) is 20.8 Å². The summed E-state index contributed by atoms with van der Waals surface area (Å²) in [4.78, 5) is 9.21. The van der Waals surface area contributed by atoms with Crippen molar-refractivity contribution in [3.8, 4) is 11.4 Å². The van der Waals surface area contributed by atoms with Crippen molar-refractivity contribution in [3.63, 3.8) is 0 Å². The third kappa shape index (κ3) is 2.16. The minimum atomic E-state index is 0.639. The van der Waals surface area contributed by atoms with Gasteiger partial charge in [-0.2, -0.15) is 0 Å². The van der Waals surface area contributed by atoms with E-state index in [4.69, 9.17) is 11.6 Å². The van der Waals surface area contributed by atoms with Gasteiger partial charge in [-0.1, -0.05) is 23.2 Å². The Labute approximate surface area is 138 Å². The van der Waals surface area contributed by atoms with Crippen LogP contribution < -0.4 is 0 Å². The topological polar surface area (TPSA) is 56.0 Å². The molecule has 3 heterocycles. The van der Waals surface area contributed by atoms with Crippen LogP contribution in [-0.4, -0.2) is 24.6 Å². The molecule has 0 atom stereocenters. The van der Waals surface area contributed by atoms with Gasteiger partial charge in [0.1, 0.15) is 5.52 Å². The molecule has 0 saturated carbocycles. The van der Waals surface area contributed by atoms with Crippen molar-refractivity contribution < 1.29 is 0 Å². The monoisotopic (exact) mass is 323 g/mol. The van der Waals surface area contributed by atoms with Crippen LogP contribution in [0.15, 0.2) is 30.3 Å². The smallest absolute Gasteiger partial charge is 0.184 e. The second-order valence-electron chi connectivity index (χ2n) is 5.66. The molecule has 0 fully saturated rings. The second kappa shape index (κ2) is 4.99. The fourth-order valence-electron chi connectivity index (χ4n) is 2.72. The van der Waals surface area contributed by atoms with Crippen molar-refractivity contribution in [3.05, 3.63) is 52.3 Å². The van der Waals surface area contributed by atoms with E-state index in [0.29, 0.717) is 16.5 Å². The van der Waals surface area contributed by atoms with E-state index >= 15 is 0 Å². The first-order valence-electron chi connectivity index (χ1n) is 7.30. The molecule has 4 aromatic rings. The molecular weight excluding hydrogens is 310 g/mol. The van der Waals surface area contributed by atoms with Gasteiger partial charge in [0.2, 0.25) is 0 Å². The van der Waals surface area contributed by atoms with E-state index in [2.05, 4.69) is 20.2 Å². The van der Waals surface area contributed by atoms with E-state index in [0.717, 1.165) is 33.7 Å². The molecule has 0 saturated heterocycles. The Morgan fingerprint density at radius 1 is 0.913 bits per heavy atom. The number of benzene rings is 1. The fraction of sp³-hybridized carbons (Fsp3) is 0.176. The zero-order chi connectivity index (χ0) is 16.1. The molecular formula is C17H14ClN5. The number of fused-ring (bicyclic) bond motifs is 3. The molecule has 0 N–H and O–H groups in total. The Balaban J connectivity index is 2.18. The standard InChI is InChI=1S/C17H14ClN5/c1-9-4-6-13(18)12(8-9)16-22-21-15-11(3)20-14-7-5-10(2)19-17(14)23(15)16/h4-8H,1-3H3. The predicted molar refractivity (Wildman–Crippen MR) is 90.7 cm³/mol. The van der Waals surface area contributed by atoms with Crippen molar-refractivity contribution in [1.29, 1.82) is 0 Å². The molecule has 0 radical (unpaired) electrons. The molecule has 0 bridgehead atoms. The van der Waals surface area contributed by atoms with E-state index in [1.807, 2.05) is 55.5 Å². The Kier molecular flexibility index (Phi) is 3.06. The van der Waals surface area contributed by atoms with E-state index in [1.165, 1.54) is 0 Å². The van der Waals surface area contributed by atoms with Gasteiger partial charge in [-0.25, -0.2) is 9.97 Å². The molecule has 0 spiro atoms. The van der Waals surface area contributed by atoms with Crippen molar-refractivity contribution >= 4 is 28.4 Å². The highest BCUT2D eigenvalue weighted by molar-refractivity contribution is 6.33. The summed E-state index contributed by atoms with van der Waals surface area (Å²) in [6, 6.07) is 9.77. The van der Waals surface area contributed by atoms with E-state index in [1.54, 1.807) is 0 Å². The van der Waals surface area contributed by atoms with Gasteiger partial charge >= 0.3 is 0 Å². The molecule has 23 heavy (non-hydrogen) atoms. The number of nitrogens with zero attached hydrogens (tertiary/aromatic N) is 5. The van der Waals surface area contributed by atoms with E-state index in [9.17, 15) is 0 Å². The molecule has 114 valence electrons. The highest BCUT2D eigenvalue weighted by Crippen LogP contribution is 2.29. The van der Waals surface area contributed by atoms with Crippen molar-refractivity contribution in [2.75, 3.05) is 0 Å². The first-order chi connectivity index (χ1) is 11.0. The Morgan fingerprint density at radius 2 is 1.74 bits per heavy atom. The Morgan fingerprint density at radius 3 is 2.57 bits per heavy atom. The molecule has 0 amide bonds. The van der Waals surface area contributed by atoms with Crippen molar-refractivity contribution in [1.82, 2.24) is 24.6 Å². The lowest BCUT2D eigenvalue weighted by atomic mass is 10.1. The van der Waals surface area contributed by atoms with Crippen LogP contribution in [0.1, 0.15) is 17.0 Å². The average Bonchev–Trinajstić information content (AvgIpc) is 2.96. The number of rotatable bonds is 1. The van der Waals surface area contributed by atoms with E-state index < -0.39 is 0 Å². The maximum Gasteiger partial charge on any atom is 0.184 e. The quantitative estimate of drug-likeness (QED) is 0.533. The van der Waals surface area contributed by atoms with Crippen LogP contribution in [0.3, 0.4) is 0 Å². The van der Waals surface area contributed by atoms with Crippen LogP contribution in [0.25, 0.3) is 28.2 Å². The number of hydrogen-bond donors (Lipinski definition) is 0. The summed E-state index contributed by atoms with van der Waals surface area (Å²) < 4.78 is 1.94. The Bertz CT molecular complexity index is 1070. The third-order valence-corrected chi connectivity index (χ3v) is 4.17. The number of halogens is 1. The molecule has 4 rings (SSSR count). The molecule has 0 aliphatic rings. The van der Waals surface area contributed by atoms with Crippen LogP contribution in [0.4, 0.5) is 0 Å². The van der Waals surface area contributed by atoms with Crippen molar-refractivity contribution in [2.45, 2.75) is 20.8 Å². The van der Waals surface area contributed by atoms with Gasteiger partial charge in [0.05, 0.1) is 10.7 Å². The predicted octanol–water partition coefficient (Wildman–Crippen LogP) is 3.92. The lowest BCUT2D eigenvalue weighted by molar-refractivity contribution is 1.09. The van der Waals surface area contributed by atoms with Gasteiger partial charge < -0.3 is 0 Å². The molecule has 0 aliphatic heterocycles. The SMILES string of the molecule is Cc1ccc(Cl)c(-c2nnc3c(C)nc4ccc(C)nc4n23)c1. The first kappa shape index (κ1) is 14.1. The van der Waals surface area contributed by atoms with Gasteiger partial charge in [0.15, 0.2) is 17.1 Å². The lowest BCUT2D eigenvalue weighted by Gasteiger charge is -2.08. The number of hydrogen-bond acceptors (Lipinski definition) is 4. The lowest BCUT2D eigenvalue weighted by Crippen LogP contribution is -2.00. The number of aromatic nitrogens is 5. The van der Waals surface area contributed by atoms with Crippen LogP contribution in [0.2, 0.25) is 5.02 Å². The Hall–Kier alpha value is -2.53. The molecule has 5 nitrogen and oxygen atoms in total. The summed E-state index contributed by atoms with van der Waals surface area (Å²) >= 11 is 6.39. The average molecular weight is 324 g/mol. The zero-order valence-electron chi connectivity index (χ0n) is 13.0. The van der Waals surface area contributed by atoms with Gasteiger partial charge in [0.25, 0.3) is 0 Å². The summed E-state index contributed by atoms with van der Waals surface area (Å²) in [7, 11) is 0. The maximum atomic E-state index is 6.39. The highest BCUT2D eigenvalue weighted by Gasteiger charge is 2.17. The van der Waals surface area contributed by atoms with Gasteiger partial charge in [-0.05, 0) is 45.0 Å². The van der Waals surface area contributed by atoms with Gasteiger partial charge in [-0.3, -0.25) is 4.40 Å². The van der Waals surface area contributed by atoms with Crippen LogP contribution >= 0.6 is 11.6 Å². The number of pyridine rings is 1. The summed E-state index contributed by atoms with van der Waals surface area (Å²) in [5.74, 6) is 0.683. The minimum absolute atomic E-state index is 0.639. The van der Waals surface area contributed by atoms with Crippen molar-refractivity contribution in [2.24, 2.45) is 0 Å². The minimum Gasteiger partial charge on any atom is -0.255 e. The summed E-state index contributed by atoms with van der Waals surface area (Å²) in [6.07, 6.45) is 0. The maximum absolute atomic E-state index is 6.39. The summed E-state index contributed by atoms with van der Waals surface area (Å²) in [5.41, 5.74) is 5.93. The third-order valence-electron chi connectivity index (χ3n) is 3.84. The van der Waals surface area contributed by atoms with Crippen LogP contribution in [0.5, 0.6) is 0 Å². The molecule has 6 heteroatoms. The van der Waals surface area contributed by atoms with Gasteiger partial charge in [-0.15, -0.1) is 10.2 Å². The molecule has 1 aromatic carbocycles. The highest BCUT2D eigenvalue weighted by atomic mass is 35.5. The molecule has 3 aromatic heterocycles. The molecule has 0 unspecified atom stereocenters. The van der Waals surface area contributed by atoms with Crippen LogP contribution in [-0.2, 0) is 0 Å². The number of aryl methyl sites for hydroxylation is 3. The molecule has 0 aliphatic carbocycles.